The van der Waals surface area contributed by atoms with Crippen molar-refractivity contribution in [2.75, 3.05) is 13.2 Å². The van der Waals surface area contributed by atoms with Crippen LogP contribution in [-0.4, -0.2) is 24.0 Å². The van der Waals surface area contributed by atoms with Crippen LogP contribution < -0.4 is 0 Å². The molecule has 0 spiro atoms. The molecule has 0 heterocycles. The molecule has 3 heteroatoms. The van der Waals surface area contributed by atoms with Gasteiger partial charge in [-0.15, -0.1) is 0 Å². The first-order chi connectivity index (χ1) is 6.86. The second-order valence-electron chi connectivity index (χ2n) is 2.90. The summed E-state index contributed by atoms with van der Waals surface area (Å²) in [6, 6.07) is 9.88. The minimum absolute atomic E-state index is 0.0606. The quantitative estimate of drug-likeness (QED) is 0.570. The predicted octanol–water partition coefficient (Wildman–Crippen LogP) is 1.61. The molecule has 0 atom stereocenters. The van der Waals surface area contributed by atoms with Gasteiger partial charge in [0.05, 0.1) is 12.3 Å². The van der Waals surface area contributed by atoms with Gasteiger partial charge in [-0.2, -0.15) is 0 Å². The Hall–Kier alpha value is -1.35. The van der Waals surface area contributed by atoms with Crippen molar-refractivity contribution in [1.82, 2.24) is 0 Å². The van der Waals surface area contributed by atoms with Crippen LogP contribution in [0.4, 0.5) is 0 Å². The van der Waals surface area contributed by atoms with Crippen molar-refractivity contribution in [3.63, 3.8) is 0 Å². The molecule has 1 rings (SSSR count). The van der Waals surface area contributed by atoms with E-state index in [1.165, 1.54) is 0 Å². The van der Waals surface area contributed by atoms with Crippen LogP contribution in [0.25, 0.3) is 0 Å². The molecule has 3 nitrogen and oxygen atoms in total. The van der Waals surface area contributed by atoms with Crippen molar-refractivity contribution >= 4 is 5.71 Å². The maximum Gasteiger partial charge on any atom is 0.114 e. The van der Waals surface area contributed by atoms with Crippen LogP contribution >= 0.6 is 0 Å². The van der Waals surface area contributed by atoms with Crippen molar-refractivity contribution in [1.29, 1.82) is 0 Å². The van der Waals surface area contributed by atoms with Crippen LogP contribution in [0.15, 0.2) is 35.5 Å². The highest BCUT2D eigenvalue weighted by Crippen LogP contribution is 2.01. The van der Waals surface area contributed by atoms with Crippen LogP contribution in [0.1, 0.15) is 12.5 Å². The standard InChI is InChI=1S/C11H15NO2/c1-2-14-12-11(9-13)8-10-6-4-3-5-7-10/h3-7,13H,2,8-9H2,1H3. The van der Waals surface area contributed by atoms with Gasteiger partial charge < -0.3 is 9.94 Å². The van der Waals surface area contributed by atoms with Crippen LogP contribution in [0.2, 0.25) is 0 Å². The monoisotopic (exact) mass is 193 g/mol. The summed E-state index contributed by atoms with van der Waals surface area (Å²) in [7, 11) is 0. The van der Waals surface area contributed by atoms with E-state index in [1.807, 2.05) is 37.3 Å². The summed E-state index contributed by atoms with van der Waals surface area (Å²) in [5.41, 5.74) is 1.78. The molecule has 0 amide bonds. The van der Waals surface area contributed by atoms with Gasteiger partial charge in [-0.3, -0.25) is 0 Å². The molecule has 0 aliphatic heterocycles. The largest absolute Gasteiger partial charge is 0.396 e. The van der Waals surface area contributed by atoms with E-state index in [2.05, 4.69) is 5.16 Å². The summed E-state index contributed by atoms with van der Waals surface area (Å²) >= 11 is 0. The SMILES string of the molecule is CCON=C(CO)Cc1ccccc1. The molecular formula is C11H15NO2. The summed E-state index contributed by atoms with van der Waals surface area (Å²) in [6.45, 7) is 2.33. The van der Waals surface area contributed by atoms with Gasteiger partial charge in [0.15, 0.2) is 0 Å². The smallest absolute Gasteiger partial charge is 0.114 e. The molecule has 0 aliphatic rings. The first-order valence-corrected chi connectivity index (χ1v) is 4.69. The zero-order chi connectivity index (χ0) is 10.2. The van der Waals surface area contributed by atoms with E-state index in [-0.39, 0.29) is 6.61 Å². The molecule has 0 saturated carbocycles. The van der Waals surface area contributed by atoms with E-state index >= 15 is 0 Å². The first kappa shape index (κ1) is 10.7. The third-order valence-corrected chi connectivity index (χ3v) is 1.76. The number of hydrogen-bond donors (Lipinski definition) is 1. The zero-order valence-corrected chi connectivity index (χ0v) is 8.31. The van der Waals surface area contributed by atoms with Crippen molar-refractivity contribution < 1.29 is 9.94 Å². The minimum Gasteiger partial charge on any atom is -0.396 e. The van der Waals surface area contributed by atoms with E-state index in [0.717, 1.165) is 5.56 Å². The van der Waals surface area contributed by atoms with Gasteiger partial charge in [0, 0.05) is 6.42 Å². The topological polar surface area (TPSA) is 41.8 Å². The molecule has 1 aromatic carbocycles. The minimum atomic E-state index is -0.0606. The van der Waals surface area contributed by atoms with Gasteiger partial charge in [0.2, 0.25) is 0 Å². The molecule has 0 radical (unpaired) electrons. The molecule has 0 aromatic heterocycles. The molecule has 0 aliphatic carbocycles. The average Bonchev–Trinajstić information content (AvgIpc) is 2.25. The average molecular weight is 193 g/mol. The van der Waals surface area contributed by atoms with Crippen LogP contribution in [0.5, 0.6) is 0 Å². The first-order valence-electron chi connectivity index (χ1n) is 4.69. The van der Waals surface area contributed by atoms with Gasteiger partial charge in [-0.05, 0) is 12.5 Å². The van der Waals surface area contributed by atoms with Crippen LogP contribution in [-0.2, 0) is 11.3 Å². The Kier molecular flexibility index (Phi) is 4.72. The summed E-state index contributed by atoms with van der Waals surface area (Å²) in [5.74, 6) is 0. The second-order valence-corrected chi connectivity index (χ2v) is 2.90. The lowest BCUT2D eigenvalue weighted by atomic mass is 10.1. The van der Waals surface area contributed by atoms with E-state index < -0.39 is 0 Å². The van der Waals surface area contributed by atoms with Gasteiger partial charge >= 0.3 is 0 Å². The van der Waals surface area contributed by atoms with Gasteiger partial charge in [0.1, 0.15) is 6.61 Å². The summed E-state index contributed by atoms with van der Waals surface area (Å²) < 4.78 is 0. The Bertz CT molecular complexity index is 283. The van der Waals surface area contributed by atoms with Crippen molar-refractivity contribution in [3.8, 4) is 0 Å². The zero-order valence-electron chi connectivity index (χ0n) is 8.31. The van der Waals surface area contributed by atoms with E-state index in [1.54, 1.807) is 0 Å². The van der Waals surface area contributed by atoms with Gasteiger partial charge in [-0.1, -0.05) is 35.5 Å². The molecule has 0 unspecified atom stereocenters. The maximum absolute atomic E-state index is 9.00. The summed E-state index contributed by atoms with van der Waals surface area (Å²) in [5, 5.41) is 12.8. The van der Waals surface area contributed by atoms with Gasteiger partial charge in [-0.25, -0.2) is 0 Å². The normalized spacial score (nSPS) is 11.4. The highest BCUT2D eigenvalue weighted by atomic mass is 16.6. The Labute approximate surface area is 84.0 Å². The Morgan fingerprint density at radius 2 is 2.07 bits per heavy atom. The molecule has 1 N–H and O–H groups in total. The molecule has 0 bridgehead atoms. The summed E-state index contributed by atoms with van der Waals surface area (Å²) in [4.78, 5) is 4.89. The van der Waals surface area contributed by atoms with Crippen molar-refractivity contribution in [2.24, 2.45) is 5.16 Å². The summed E-state index contributed by atoms with van der Waals surface area (Å²) in [6.07, 6.45) is 0.636. The fourth-order valence-electron chi connectivity index (χ4n) is 1.10. The lowest BCUT2D eigenvalue weighted by molar-refractivity contribution is 0.155. The third kappa shape index (κ3) is 3.58. The number of nitrogens with zero attached hydrogens (tertiary/aromatic N) is 1. The fourth-order valence-corrected chi connectivity index (χ4v) is 1.10. The van der Waals surface area contributed by atoms with E-state index in [9.17, 15) is 0 Å². The second kappa shape index (κ2) is 6.16. The van der Waals surface area contributed by atoms with Crippen molar-refractivity contribution in [2.45, 2.75) is 13.3 Å². The molecule has 14 heavy (non-hydrogen) atoms. The number of hydrogen-bond acceptors (Lipinski definition) is 3. The highest BCUT2D eigenvalue weighted by molar-refractivity contribution is 5.87. The lowest BCUT2D eigenvalue weighted by Crippen LogP contribution is -2.09. The molecule has 76 valence electrons. The predicted molar refractivity (Wildman–Crippen MR) is 56.3 cm³/mol. The number of aliphatic hydroxyl groups is 1. The van der Waals surface area contributed by atoms with E-state index in [0.29, 0.717) is 18.7 Å². The number of rotatable bonds is 5. The molecular weight excluding hydrogens is 178 g/mol. The molecule has 1 aromatic rings. The van der Waals surface area contributed by atoms with Gasteiger partial charge in [0.25, 0.3) is 0 Å². The van der Waals surface area contributed by atoms with Crippen molar-refractivity contribution in [3.05, 3.63) is 35.9 Å². The highest BCUT2D eigenvalue weighted by Gasteiger charge is 2.00. The lowest BCUT2D eigenvalue weighted by Gasteiger charge is -2.02. The van der Waals surface area contributed by atoms with Crippen LogP contribution in [0.3, 0.4) is 0 Å². The maximum atomic E-state index is 9.00. The molecule has 0 saturated heterocycles. The van der Waals surface area contributed by atoms with E-state index in [4.69, 9.17) is 9.94 Å². The number of oxime groups is 1. The van der Waals surface area contributed by atoms with Crippen LogP contribution in [0, 0.1) is 0 Å². The Morgan fingerprint density at radius 1 is 1.36 bits per heavy atom. The Balaban J connectivity index is 2.57. The fraction of sp³-hybridized carbons (Fsp3) is 0.364. The number of aliphatic hydroxyl groups excluding tert-OH is 1. The molecule has 0 fully saturated rings. The Morgan fingerprint density at radius 3 is 2.64 bits per heavy atom. The number of benzene rings is 1. The third-order valence-electron chi connectivity index (χ3n) is 1.76.